The number of amides is 2. The number of ether oxygens (including phenoxy) is 1. The number of fused-ring (bicyclic) bond motifs is 1. The first-order valence-electron chi connectivity index (χ1n) is 12.3. The van der Waals surface area contributed by atoms with Crippen LogP contribution in [0.2, 0.25) is 0 Å². The Labute approximate surface area is 219 Å². The minimum Gasteiger partial charge on any atom is -0.456 e. The number of hydrogen-bond acceptors (Lipinski definition) is 9. The molecule has 1 aromatic carbocycles. The van der Waals surface area contributed by atoms with E-state index in [1.807, 2.05) is 14.0 Å². The molecule has 3 aliphatic heterocycles. The van der Waals surface area contributed by atoms with E-state index in [9.17, 15) is 29.6 Å². The fourth-order valence-electron chi connectivity index (χ4n) is 5.45. The number of aliphatic hydroxyl groups excluding tert-OH is 1. The van der Waals surface area contributed by atoms with Gasteiger partial charge in [-0.2, -0.15) is 0 Å². The molecule has 11 nitrogen and oxygen atoms in total. The van der Waals surface area contributed by atoms with Crippen LogP contribution in [0, 0.1) is 22.0 Å². The standard InChI is InChI=1S/C25H32N4O7S/c1-13-21-20(14(2)30)24(32)28(21)22(25(33)36-12-15-5-7-16(8-6-15)29(34)35)23(13)37-18-9-17(27(4)11-18)10-19(31)26-3/h5-8,13-14,17-18,20-21,30H,9-12H2,1-4H3,(H,26,31). The third kappa shape index (κ3) is 5.23. The number of benzene rings is 1. The fraction of sp³-hybridized carbons (Fsp3) is 0.560. The van der Waals surface area contributed by atoms with Crippen molar-refractivity contribution in [2.45, 2.75) is 56.7 Å². The summed E-state index contributed by atoms with van der Waals surface area (Å²) in [6, 6.07) is 5.49. The Morgan fingerprint density at radius 2 is 2.00 bits per heavy atom. The van der Waals surface area contributed by atoms with Gasteiger partial charge in [0, 0.05) is 54.3 Å². The van der Waals surface area contributed by atoms with Crippen LogP contribution in [0.3, 0.4) is 0 Å². The van der Waals surface area contributed by atoms with Crippen molar-refractivity contribution in [1.82, 2.24) is 15.1 Å². The van der Waals surface area contributed by atoms with Crippen LogP contribution in [0.15, 0.2) is 34.9 Å². The van der Waals surface area contributed by atoms with Crippen molar-refractivity contribution < 1.29 is 29.2 Å². The highest BCUT2D eigenvalue weighted by Gasteiger charge is 2.60. The normalized spacial score (nSPS) is 28.1. The van der Waals surface area contributed by atoms with Gasteiger partial charge in [-0.3, -0.25) is 19.7 Å². The molecule has 6 atom stereocenters. The molecule has 0 spiro atoms. The number of non-ortho nitro benzene ring substituents is 1. The number of hydrogen-bond donors (Lipinski definition) is 2. The summed E-state index contributed by atoms with van der Waals surface area (Å²) < 4.78 is 5.56. The number of β-lactam (4-membered cyclic amide) rings is 1. The van der Waals surface area contributed by atoms with E-state index in [-0.39, 0.29) is 53.1 Å². The number of carbonyl (C=O) groups excluding carboxylic acids is 3. The predicted octanol–water partition coefficient (Wildman–Crippen LogP) is 1.65. The van der Waals surface area contributed by atoms with E-state index < -0.39 is 22.9 Å². The maximum Gasteiger partial charge on any atom is 0.356 e. The number of rotatable bonds is 9. The molecule has 3 aliphatic rings. The molecule has 0 bridgehead atoms. The lowest BCUT2D eigenvalue weighted by atomic mass is 9.79. The van der Waals surface area contributed by atoms with E-state index in [1.54, 1.807) is 25.7 Å². The monoisotopic (exact) mass is 532 g/mol. The Hall–Kier alpha value is -2.96. The van der Waals surface area contributed by atoms with E-state index in [0.29, 0.717) is 12.0 Å². The number of esters is 1. The second-order valence-corrected chi connectivity index (χ2v) is 11.3. The van der Waals surface area contributed by atoms with Crippen molar-refractivity contribution in [2.24, 2.45) is 11.8 Å². The minimum atomic E-state index is -0.840. The van der Waals surface area contributed by atoms with Crippen molar-refractivity contribution in [3.8, 4) is 0 Å². The van der Waals surface area contributed by atoms with Crippen LogP contribution in [0.1, 0.15) is 32.3 Å². The zero-order valence-corrected chi connectivity index (χ0v) is 22.1. The summed E-state index contributed by atoms with van der Waals surface area (Å²) >= 11 is 1.55. The van der Waals surface area contributed by atoms with Gasteiger partial charge in [-0.05, 0) is 38.1 Å². The smallest absolute Gasteiger partial charge is 0.356 e. The Morgan fingerprint density at radius 1 is 1.32 bits per heavy atom. The SMILES string of the molecule is CNC(=O)CC1CC(SC2=C(C(=O)OCc3ccc([N+](=O)[O-])cc3)N3C(=O)C(C(C)O)C3C2C)CN1C. The summed E-state index contributed by atoms with van der Waals surface area (Å²) in [5.74, 6) is -1.71. The highest BCUT2D eigenvalue weighted by molar-refractivity contribution is 8.03. The molecule has 0 radical (unpaired) electrons. The molecule has 4 rings (SSSR count). The molecule has 2 saturated heterocycles. The third-order valence-corrected chi connectivity index (χ3v) is 8.96. The van der Waals surface area contributed by atoms with Gasteiger partial charge >= 0.3 is 5.97 Å². The topological polar surface area (TPSA) is 142 Å². The van der Waals surface area contributed by atoms with Gasteiger partial charge in [-0.1, -0.05) is 6.92 Å². The molecule has 2 N–H and O–H groups in total. The quantitative estimate of drug-likeness (QED) is 0.210. The summed E-state index contributed by atoms with van der Waals surface area (Å²) in [7, 11) is 3.59. The number of aliphatic hydroxyl groups is 1. The van der Waals surface area contributed by atoms with Crippen molar-refractivity contribution in [1.29, 1.82) is 0 Å². The summed E-state index contributed by atoms with van der Waals surface area (Å²) in [5.41, 5.74) is 0.738. The van der Waals surface area contributed by atoms with E-state index in [1.165, 1.54) is 29.2 Å². The summed E-state index contributed by atoms with van der Waals surface area (Å²) in [4.78, 5) is 52.9. The maximum atomic E-state index is 13.3. The van der Waals surface area contributed by atoms with Crippen LogP contribution in [0.25, 0.3) is 0 Å². The van der Waals surface area contributed by atoms with Gasteiger partial charge in [0.2, 0.25) is 11.8 Å². The van der Waals surface area contributed by atoms with E-state index >= 15 is 0 Å². The summed E-state index contributed by atoms with van der Waals surface area (Å²) in [5, 5.41) is 23.9. The molecule has 12 heteroatoms. The van der Waals surface area contributed by atoms with E-state index in [2.05, 4.69) is 10.2 Å². The largest absolute Gasteiger partial charge is 0.456 e. The Bertz CT molecular complexity index is 1120. The number of thioether (sulfide) groups is 1. The van der Waals surface area contributed by atoms with Crippen LogP contribution < -0.4 is 5.32 Å². The maximum absolute atomic E-state index is 13.3. The highest BCUT2D eigenvalue weighted by Crippen LogP contribution is 2.52. The predicted molar refractivity (Wildman–Crippen MR) is 136 cm³/mol. The van der Waals surface area contributed by atoms with Crippen LogP contribution in [-0.4, -0.2) is 81.7 Å². The van der Waals surface area contributed by atoms with Gasteiger partial charge in [-0.25, -0.2) is 4.79 Å². The van der Waals surface area contributed by atoms with Crippen LogP contribution in [0.5, 0.6) is 0 Å². The van der Waals surface area contributed by atoms with Crippen molar-refractivity contribution in [2.75, 3.05) is 20.6 Å². The number of nitro groups is 1. The van der Waals surface area contributed by atoms with Crippen LogP contribution in [0.4, 0.5) is 5.69 Å². The molecular formula is C25H32N4O7S. The molecule has 200 valence electrons. The first-order chi connectivity index (χ1) is 17.5. The lowest BCUT2D eigenvalue weighted by molar-refractivity contribution is -0.384. The number of nitrogens with zero attached hydrogens (tertiary/aromatic N) is 3. The fourth-order valence-corrected chi connectivity index (χ4v) is 7.08. The zero-order chi connectivity index (χ0) is 27.0. The lowest BCUT2D eigenvalue weighted by Gasteiger charge is -2.46. The molecule has 2 fully saturated rings. The van der Waals surface area contributed by atoms with Crippen LogP contribution >= 0.6 is 11.8 Å². The first-order valence-corrected chi connectivity index (χ1v) is 13.1. The minimum absolute atomic E-state index is 0.0269. The molecule has 1 aromatic rings. The van der Waals surface area contributed by atoms with Gasteiger partial charge in [0.1, 0.15) is 12.3 Å². The Balaban J connectivity index is 1.53. The van der Waals surface area contributed by atoms with Crippen LogP contribution in [-0.2, 0) is 25.7 Å². The third-order valence-electron chi connectivity index (χ3n) is 7.46. The number of nitro benzene ring substituents is 1. The Kier molecular flexibility index (Phi) is 7.91. The average Bonchev–Trinajstić information content (AvgIpc) is 3.31. The number of carbonyl (C=O) groups is 3. The second kappa shape index (κ2) is 10.8. The molecule has 0 aromatic heterocycles. The van der Waals surface area contributed by atoms with Gasteiger partial charge in [0.25, 0.3) is 5.69 Å². The number of likely N-dealkylation sites (tertiary alicyclic amines) is 1. The highest BCUT2D eigenvalue weighted by atomic mass is 32.2. The van der Waals surface area contributed by atoms with Gasteiger partial charge < -0.3 is 25.0 Å². The molecule has 37 heavy (non-hydrogen) atoms. The summed E-state index contributed by atoms with van der Waals surface area (Å²) in [6.45, 7) is 4.17. The Morgan fingerprint density at radius 3 is 2.59 bits per heavy atom. The number of nitrogens with one attached hydrogen (secondary N) is 1. The molecule has 0 aliphatic carbocycles. The average molecular weight is 533 g/mol. The van der Waals surface area contributed by atoms with E-state index in [4.69, 9.17) is 4.74 Å². The van der Waals surface area contributed by atoms with Crippen molar-refractivity contribution >= 4 is 35.2 Å². The molecular weight excluding hydrogens is 500 g/mol. The summed E-state index contributed by atoms with van der Waals surface area (Å²) in [6.07, 6.45) is 0.307. The molecule has 6 unspecified atom stereocenters. The van der Waals surface area contributed by atoms with Gasteiger partial charge in [0.15, 0.2) is 0 Å². The van der Waals surface area contributed by atoms with Crippen molar-refractivity contribution in [3.05, 3.63) is 50.5 Å². The first kappa shape index (κ1) is 27.1. The van der Waals surface area contributed by atoms with Gasteiger partial charge in [-0.15, -0.1) is 11.8 Å². The van der Waals surface area contributed by atoms with E-state index in [0.717, 1.165) is 17.9 Å². The zero-order valence-electron chi connectivity index (χ0n) is 21.2. The lowest BCUT2D eigenvalue weighted by Crippen LogP contribution is -2.63. The molecule has 3 heterocycles. The molecule has 0 saturated carbocycles. The van der Waals surface area contributed by atoms with Crippen molar-refractivity contribution in [3.63, 3.8) is 0 Å². The van der Waals surface area contributed by atoms with Gasteiger partial charge in [0.05, 0.1) is 23.0 Å². The second-order valence-electron chi connectivity index (χ2n) is 9.91. The molecule has 2 amide bonds.